The minimum atomic E-state index is -1.04. The van der Waals surface area contributed by atoms with Gasteiger partial charge >= 0.3 is 5.97 Å². The number of aromatic nitrogens is 1. The molecule has 132 valence electrons. The van der Waals surface area contributed by atoms with Crippen LogP contribution in [0.25, 0.3) is 21.9 Å². The molecular weight excluding hydrogens is 343 g/mol. The van der Waals surface area contributed by atoms with Gasteiger partial charge in [-0.05, 0) is 47.3 Å². The average molecular weight is 358 g/mol. The third kappa shape index (κ3) is 3.35. The van der Waals surface area contributed by atoms with Gasteiger partial charge in [0.05, 0.1) is 11.3 Å². The molecule has 3 aromatic carbocycles. The molecule has 2 N–H and O–H groups in total. The molecule has 0 amide bonds. The van der Waals surface area contributed by atoms with E-state index in [1.165, 1.54) is 12.1 Å². The van der Waals surface area contributed by atoms with Crippen molar-refractivity contribution in [2.45, 2.75) is 0 Å². The average Bonchev–Trinajstić information content (AvgIpc) is 2.69. The zero-order valence-corrected chi connectivity index (χ0v) is 14.2. The molecule has 0 atom stereocenters. The molecule has 0 aliphatic rings. The monoisotopic (exact) mass is 358 g/mol. The number of aromatic carboxylic acids is 1. The number of fused-ring (bicyclic) bond motifs is 1. The Morgan fingerprint density at radius 3 is 2.52 bits per heavy atom. The van der Waals surface area contributed by atoms with Crippen LogP contribution in [0.2, 0.25) is 0 Å². The van der Waals surface area contributed by atoms with Crippen molar-refractivity contribution in [3.8, 4) is 11.1 Å². The fraction of sp³-hybridized carbons (Fsp3) is 0. The second-order valence-electron chi connectivity index (χ2n) is 6.11. The number of anilines is 2. The fourth-order valence-electron chi connectivity index (χ4n) is 3.04. The maximum atomic E-state index is 13.1. The largest absolute Gasteiger partial charge is 0.478 e. The first-order valence-corrected chi connectivity index (χ1v) is 8.35. The molecule has 0 unspecified atom stereocenters. The highest BCUT2D eigenvalue weighted by molar-refractivity contribution is 6.00. The maximum Gasteiger partial charge on any atom is 0.337 e. The number of hydrogen-bond donors (Lipinski definition) is 2. The van der Waals surface area contributed by atoms with E-state index in [0.717, 1.165) is 21.9 Å². The topological polar surface area (TPSA) is 62.2 Å². The summed E-state index contributed by atoms with van der Waals surface area (Å²) in [5.74, 6) is -1.39. The number of nitrogens with zero attached hydrogens (tertiary/aromatic N) is 1. The summed E-state index contributed by atoms with van der Waals surface area (Å²) in [6, 6.07) is 18.8. The minimum Gasteiger partial charge on any atom is -0.478 e. The van der Waals surface area contributed by atoms with E-state index in [9.17, 15) is 14.3 Å². The summed E-state index contributed by atoms with van der Waals surface area (Å²) in [4.78, 5) is 15.9. The van der Waals surface area contributed by atoms with Crippen LogP contribution in [0.4, 0.5) is 15.8 Å². The first kappa shape index (κ1) is 16.7. The van der Waals surface area contributed by atoms with Gasteiger partial charge in [0.15, 0.2) is 0 Å². The molecule has 0 spiro atoms. The van der Waals surface area contributed by atoms with Crippen LogP contribution in [0.5, 0.6) is 0 Å². The number of halogens is 1. The first-order valence-electron chi connectivity index (χ1n) is 8.35. The Kier molecular flexibility index (Phi) is 4.26. The van der Waals surface area contributed by atoms with Crippen molar-refractivity contribution in [2.75, 3.05) is 5.32 Å². The van der Waals surface area contributed by atoms with Gasteiger partial charge in [-0.1, -0.05) is 30.3 Å². The Labute approximate surface area is 154 Å². The number of carbonyl (C=O) groups is 1. The molecule has 0 fully saturated rings. The Bertz CT molecular complexity index is 1140. The summed E-state index contributed by atoms with van der Waals surface area (Å²) < 4.78 is 13.1. The van der Waals surface area contributed by atoms with E-state index in [4.69, 9.17) is 0 Å². The van der Waals surface area contributed by atoms with Crippen molar-refractivity contribution >= 4 is 28.1 Å². The predicted octanol–water partition coefficient (Wildman–Crippen LogP) is 5.48. The Hall–Kier alpha value is -3.73. The highest BCUT2D eigenvalue weighted by Crippen LogP contribution is 2.32. The normalized spacial score (nSPS) is 10.7. The molecule has 0 aliphatic heterocycles. The summed E-state index contributed by atoms with van der Waals surface area (Å²) in [5, 5.41) is 14.6. The summed E-state index contributed by atoms with van der Waals surface area (Å²) in [5.41, 5.74) is 2.92. The zero-order chi connectivity index (χ0) is 18.8. The van der Waals surface area contributed by atoms with Gasteiger partial charge in [0.25, 0.3) is 0 Å². The molecule has 1 aromatic heterocycles. The number of benzene rings is 3. The van der Waals surface area contributed by atoms with Crippen LogP contribution in [0, 0.1) is 5.82 Å². The highest BCUT2D eigenvalue weighted by Gasteiger charge is 2.13. The second-order valence-corrected chi connectivity index (χ2v) is 6.11. The quantitative estimate of drug-likeness (QED) is 0.507. The standard InChI is InChI=1S/C22H15FN2O2/c23-16-6-8-17(9-7-16)25-21-11-14(5-10-19(21)22(26)27)20-13-24-12-15-3-1-2-4-18(15)20/h1-13,25H,(H,26,27). The third-order valence-electron chi connectivity index (χ3n) is 4.35. The van der Waals surface area contributed by atoms with Gasteiger partial charge in [0.2, 0.25) is 0 Å². The number of nitrogens with one attached hydrogen (secondary N) is 1. The number of hydrogen-bond acceptors (Lipinski definition) is 3. The fourth-order valence-corrected chi connectivity index (χ4v) is 3.04. The summed E-state index contributed by atoms with van der Waals surface area (Å²) >= 11 is 0. The zero-order valence-electron chi connectivity index (χ0n) is 14.2. The second kappa shape index (κ2) is 6.88. The number of pyridine rings is 1. The van der Waals surface area contributed by atoms with Crippen LogP contribution in [-0.2, 0) is 0 Å². The third-order valence-corrected chi connectivity index (χ3v) is 4.35. The molecule has 0 saturated carbocycles. The maximum absolute atomic E-state index is 13.1. The first-order chi connectivity index (χ1) is 13.1. The van der Waals surface area contributed by atoms with Crippen molar-refractivity contribution in [3.05, 3.63) is 90.5 Å². The van der Waals surface area contributed by atoms with Gasteiger partial charge in [-0.2, -0.15) is 0 Å². The smallest absolute Gasteiger partial charge is 0.337 e. The molecule has 0 saturated heterocycles. The van der Waals surface area contributed by atoms with Crippen LogP contribution in [0.1, 0.15) is 10.4 Å². The SMILES string of the molecule is O=C(O)c1ccc(-c2cncc3ccccc23)cc1Nc1ccc(F)cc1. The van der Waals surface area contributed by atoms with E-state index in [1.54, 1.807) is 42.7 Å². The van der Waals surface area contributed by atoms with Crippen LogP contribution in [0.15, 0.2) is 79.1 Å². The van der Waals surface area contributed by atoms with E-state index < -0.39 is 5.97 Å². The summed E-state index contributed by atoms with van der Waals surface area (Å²) in [7, 11) is 0. The van der Waals surface area contributed by atoms with Crippen LogP contribution < -0.4 is 5.32 Å². The van der Waals surface area contributed by atoms with Crippen LogP contribution in [-0.4, -0.2) is 16.1 Å². The van der Waals surface area contributed by atoms with E-state index in [0.29, 0.717) is 11.4 Å². The van der Waals surface area contributed by atoms with Gasteiger partial charge < -0.3 is 10.4 Å². The number of carboxylic acid groups (broad SMARTS) is 1. The molecule has 4 rings (SSSR count). The molecule has 27 heavy (non-hydrogen) atoms. The molecular formula is C22H15FN2O2. The molecule has 4 aromatic rings. The molecule has 4 nitrogen and oxygen atoms in total. The number of carboxylic acids is 1. The molecule has 5 heteroatoms. The summed E-state index contributed by atoms with van der Waals surface area (Å²) in [6.45, 7) is 0. The van der Waals surface area contributed by atoms with Crippen molar-refractivity contribution in [1.82, 2.24) is 4.98 Å². The van der Waals surface area contributed by atoms with E-state index in [-0.39, 0.29) is 11.4 Å². The molecule has 0 bridgehead atoms. The van der Waals surface area contributed by atoms with Crippen LogP contribution >= 0.6 is 0 Å². The summed E-state index contributed by atoms with van der Waals surface area (Å²) in [6.07, 6.45) is 3.56. The van der Waals surface area contributed by atoms with Gasteiger partial charge in [0, 0.05) is 29.0 Å². The molecule has 0 aliphatic carbocycles. The van der Waals surface area contributed by atoms with Crippen molar-refractivity contribution in [2.24, 2.45) is 0 Å². The minimum absolute atomic E-state index is 0.135. The lowest BCUT2D eigenvalue weighted by molar-refractivity contribution is 0.0698. The van der Waals surface area contributed by atoms with Crippen LogP contribution in [0.3, 0.4) is 0 Å². The Morgan fingerprint density at radius 1 is 0.963 bits per heavy atom. The highest BCUT2D eigenvalue weighted by atomic mass is 19.1. The predicted molar refractivity (Wildman–Crippen MR) is 104 cm³/mol. The number of rotatable bonds is 4. The Balaban J connectivity index is 1.83. The van der Waals surface area contributed by atoms with Gasteiger partial charge in [-0.15, -0.1) is 0 Å². The van der Waals surface area contributed by atoms with E-state index in [2.05, 4.69) is 10.3 Å². The van der Waals surface area contributed by atoms with E-state index in [1.807, 2.05) is 24.3 Å². The lowest BCUT2D eigenvalue weighted by Gasteiger charge is -2.13. The van der Waals surface area contributed by atoms with E-state index >= 15 is 0 Å². The van der Waals surface area contributed by atoms with Gasteiger partial charge in [0.1, 0.15) is 5.82 Å². The molecule has 1 heterocycles. The van der Waals surface area contributed by atoms with Crippen molar-refractivity contribution in [3.63, 3.8) is 0 Å². The Morgan fingerprint density at radius 2 is 1.74 bits per heavy atom. The van der Waals surface area contributed by atoms with Crippen molar-refractivity contribution < 1.29 is 14.3 Å². The lowest BCUT2D eigenvalue weighted by atomic mass is 9.99. The van der Waals surface area contributed by atoms with Gasteiger partial charge in [-0.3, -0.25) is 4.98 Å². The molecule has 0 radical (unpaired) electrons. The van der Waals surface area contributed by atoms with Gasteiger partial charge in [-0.25, -0.2) is 9.18 Å². The lowest BCUT2D eigenvalue weighted by Crippen LogP contribution is -2.03. The van der Waals surface area contributed by atoms with Crippen molar-refractivity contribution in [1.29, 1.82) is 0 Å².